The van der Waals surface area contributed by atoms with Crippen LogP contribution in [-0.4, -0.2) is 12.1 Å². The molecule has 111 valence electrons. The maximum atomic E-state index is 10.7. The molecule has 0 aromatic carbocycles. The third-order valence-electron chi connectivity index (χ3n) is 3.62. The van der Waals surface area contributed by atoms with Gasteiger partial charge in [0.15, 0.2) is 0 Å². The van der Waals surface area contributed by atoms with E-state index in [0.29, 0.717) is 6.42 Å². The number of rotatable bonds is 15. The van der Waals surface area contributed by atoms with Crippen LogP contribution in [0.25, 0.3) is 0 Å². The van der Waals surface area contributed by atoms with Crippen molar-refractivity contribution in [2.24, 2.45) is 0 Å². The van der Waals surface area contributed by atoms with Crippen LogP contribution in [0.2, 0.25) is 0 Å². The molecule has 0 unspecified atom stereocenters. The maximum absolute atomic E-state index is 10.7. The maximum Gasteiger partial charge on any atom is 0.272 e. The van der Waals surface area contributed by atoms with E-state index in [9.17, 15) is 9.59 Å². The van der Waals surface area contributed by atoms with E-state index in [2.05, 4.69) is 6.92 Å². The third kappa shape index (κ3) is 15.3. The van der Waals surface area contributed by atoms with Gasteiger partial charge < -0.3 is 0 Å². The van der Waals surface area contributed by atoms with Gasteiger partial charge in [-0.25, -0.2) is 0 Å². The lowest BCUT2D eigenvalue weighted by Crippen LogP contribution is -1.97. The van der Waals surface area contributed by atoms with Crippen molar-refractivity contribution in [2.75, 3.05) is 0 Å². The molecular weight excluding hydrogens is 236 g/mol. The first-order valence-electron chi connectivity index (χ1n) is 8.22. The van der Waals surface area contributed by atoms with Gasteiger partial charge in [-0.2, -0.15) is 0 Å². The molecule has 0 aliphatic carbocycles. The van der Waals surface area contributed by atoms with Crippen molar-refractivity contribution in [3.63, 3.8) is 0 Å². The van der Waals surface area contributed by atoms with Gasteiger partial charge in [-0.1, -0.05) is 84.0 Å². The summed E-state index contributed by atoms with van der Waals surface area (Å²) >= 11 is 0. The normalized spacial score (nSPS) is 10.6. The van der Waals surface area contributed by atoms with Crippen LogP contribution in [0.4, 0.5) is 0 Å². The van der Waals surface area contributed by atoms with E-state index in [1.807, 2.05) is 0 Å². The zero-order valence-corrected chi connectivity index (χ0v) is 12.7. The van der Waals surface area contributed by atoms with Crippen LogP contribution in [-0.2, 0) is 9.59 Å². The van der Waals surface area contributed by atoms with E-state index >= 15 is 0 Å². The summed E-state index contributed by atoms with van der Waals surface area (Å²) in [5.41, 5.74) is 0. The van der Waals surface area contributed by atoms with E-state index in [1.165, 1.54) is 76.9 Å². The highest BCUT2D eigenvalue weighted by atomic mass is 16.2. The molecule has 1 radical (unpaired) electrons. The predicted octanol–water partition coefficient (Wildman–Crippen LogP) is 5.15. The second-order valence-corrected chi connectivity index (χ2v) is 5.52. The fourth-order valence-corrected chi connectivity index (χ4v) is 2.35. The Hall–Kier alpha value is -0.660. The summed E-state index contributed by atoms with van der Waals surface area (Å²) in [6.07, 6.45) is 18.6. The number of hydrogen-bond donors (Lipinski definition) is 0. The van der Waals surface area contributed by atoms with Crippen molar-refractivity contribution in [1.29, 1.82) is 0 Å². The summed E-state index contributed by atoms with van der Waals surface area (Å²) in [7, 11) is 0. The van der Waals surface area contributed by atoms with E-state index in [4.69, 9.17) is 0 Å². The topological polar surface area (TPSA) is 34.1 Å². The Balaban J connectivity index is 2.99. The minimum Gasteiger partial charge on any atom is -0.290 e. The third-order valence-corrected chi connectivity index (χ3v) is 3.62. The van der Waals surface area contributed by atoms with Gasteiger partial charge in [-0.15, -0.1) is 0 Å². The molecule has 0 rings (SSSR count). The first kappa shape index (κ1) is 18.3. The van der Waals surface area contributed by atoms with Crippen LogP contribution in [0.1, 0.15) is 96.8 Å². The molecule has 0 atom stereocenters. The van der Waals surface area contributed by atoms with Crippen molar-refractivity contribution in [3.05, 3.63) is 0 Å². The first-order chi connectivity index (χ1) is 9.31. The van der Waals surface area contributed by atoms with Gasteiger partial charge in [-0.05, 0) is 6.42 Å². The van der Waals surface area contributed by atoms with Crippen molar-refractivity contribution in [1.82, 2.24) is 0 Å². The lowest BCUT2D eigenvalue weighted by Gasteiger charge is -2.02. The highest BCUT2D eigenvalue weighted by Crippen LogP contribution is 2.12. The fraction of sp³-hybridized carbons (Fsp3) is 0.882. The van der Waals surface area contributed by atoms with Crippen molar-refractivity contribution in [2.45, 2.75) is 96.8 Å². The van der Waals surface area contributed by atoms with Gasteiger partial charge in [0.05, 0.1) is 0 Å². The average molecular weight is 267 g/mol. The summed E-state index contributed by atoms with van der Waals surface area (Å²) in [5, 5.41) is 0. The molecule has 0 saturated heterocycles. The van der Waals surface area contributed by atoms with Crippen LogP contribution in [0, 0.1) is 0 Å². The highest BCUT2D eigenvalue weighted by molar-refractivity contribution is 6.25. The number of ketones is 1. The number of Topliss-reactive ketones (excluding diaryl/α,β-unsaturated/α-hetero) is 1. The molecule has 0 aromatic rings. The zero-order chi connectivity index (χ0) is 14.2. The molecule has 0 heterocycles. The van der Waals surface area contributed by atoms with E-state index in [0.717, 1.165) is 12.8 Å². The molecule has 0 fully saturated rings. The van der Waals surface area contributed by atoms with E-state index in [1.54, 1.807) is 0 Å². The second kappa shape index (κ2) is 15.4. The Labute approximate surface area is 119 Å². The number of carbonyl (C=O) groups excluding carboxylic acids is 2. The molecule has 0 bridgehead atoms. The molecule has 0 amide bonds. The predicted molar refractivity (Wildman–Crippen MR) is 81.0 cm³/mol. The minimum absolute atomic E-state index is 0.372. The second-order valence-electron chi connectivity index (χ2n) is 5.52. The van der Waals surface area contributed by atoms with Crippen molar-refractivity contribution >= 4 is 12.1 Å². The van der Waals surface area contributed by atoms with Crippen LogP contribution in [0.5, 0.6) is 0 Å². The zero-order valence-electron chi connectivity index (χ0n) is 12.7. The largest absolute Gasteiger partial charge is 0.290 e. The lowest BCUT2D eigenvalue weighted by atomic mass is 10.0. The molecular formula is C17H31O2. The van der Waals surface area contributed by atoms with Gasteiger partial charge in [0.25, 0.3) is 6.29 Å². The molecule has 0 aromatic heterocycles. The molecule has 0 saturated carbocycles. The molecule has 19 heavy (non-hydrogen) atoms. The lowest BCUT2D eigenvalue weighted by molar-refractivity contribution is -0.113. The van der Waals surface area contributed by atoms with Gasteiger partial charge in [0, 0.05) is 6.42 Å². The van der Waals surface area contributed by atoms with Gasteiger partial charge in [0.1, 0.15) is 0 Å². The average Bonchev–Trinajstić information content (AvgIpc) is 2.43. The molecule has 0 aliphatic rings. The Morgan fingerprint density at radius 1 is 0.684 bits per heavy atom. The fourth-order valence-electron chi connectivity index (χ4n) is 2.35. The summed E-state index contributed by atoms with van der Waals surface area (Å²) in [4.78, 5) is 20.7. The van der Waals surface area contributed by atoms with Crippen LogP contribution in [0.15, 0.2) is 0 Å². The van der Waals surface area contributed by atoms with Gasteiger partial charge in [-0.3, -0.25) is 9.59 Å². The van der Waals surface area contributed by atoms with Crippen LogP contribution in [0.3, 0.4) is 0 Å². The number of carbonyl (C=O) groups is 1. The highest BCUT2D eigenvalue weighted by Gasteiger charge is 1.99. The Bertz CT molecular complexity index is 211. The molecule has 0 spiro atoms. The van der Waals surface area contributed by atoms with E-state index < -0.39 is 0 Å². The van der Waals surface area contributed by atoms with Crippen molar-refractivity contribution < 1.29 is 9.59 Å². The molecule has 0 N–H and O–H groups in total. The van der Waals surface area contributed by atoms with Gasteiger partial charge in [0.2, 0.25) is 5.78 Å². The Morgan fingerprint density at radius 2 is 1.05 bits per heavy atom. The van der Waals surface area contributed by atoms with Crippen LogP contribution < -0.4 is 0 Å². The summed E-state index contributed by atoms with van der Waals surface area (Å²) in [6, 6.07) is 0. The Kier molecular flexibility index (Phi) is 14.9. The number of hydrogen-bond acceptors (Lipinski definition) is 2. The quantitative estimate of drug-likeness (QED) is 0.304. The minimum atomic E-state index is -0.372. The summed E-state index contributed by atoms with van der Waals surface area (Å²) in [6.45, 7) is 2.26. The smallest absolute Gasteiger partial charge is 0.272 e. The molecule has 2 heteroatoms. The molecule has 2 nitrogen and oxygen atoms in total. The van der Waals surface area contributed by atoms with Crippen LogP contribution >= 0.6 is 0 Å². The number of unbranched alkanes of at least 4 members (excludes halogenated alkanes) is 12. The summed E-state index contributed by atoms with van der Waals surface area (Å²) in [5.74, 6) is -0.372. The van der Waals surface area contributed by atoms with Gasteiger partial charge >= 0.3 is 0 Å². The Morgan fingerprint density at radius 3 is 1.42 bits per heavy atom. The molecule has 0 aliphatic heterocycles. The first-order valence-corrected chi connectivity index (χ1v) is 8.22. The van der Waals surface area contributed by atoms with Crippen molar-refractivity contribution in [3.8, 4) is 0 Å². The summed E-state index contributed by atoms with van der Waals surface area (Å²) < 4.78 is 0. The van der Waals surface area contributed by atoms with E-state index in [-0.39, 0.29) is 5.78 Å². The standard InChI is InChI=1S/C17H31O2/c1-2-3-4-5-6-7-8-9-10-11-12-13-14-15-17(19)16-18/h2-15H2,1H3. The SMILES string of the molecule is CCCCCCCCCCCCCCCC(=O)[C]=O. The monoisotopic (exact) mass is 267 g/mol.